The minimum atomic E-state index is 0.0639. The summed E-state index contributed by atoms with van der Waals surface area (Å²) in [5.41, 5.74) is 0. The van der Waals surface area contributed by atoms with Gasteiger partial charge in [-0.1, -0.05) is 30.3 Å². The second kappa shape index (κ2) is 7.47. The van der Waals surface area contributed by atoms with Crippen molar-refractivity contribution >= 4 is 16.7 Å². The quantitative estimate of drug-likeness (QED) is 0.851. The van der Waals surface area contributed by atoms with Crippen LogP contribution in [0.15, 0.2) is 42.5 Å². The number of rotatable bonds is 5. The molecule has 1 heterocycles. The molecule has 4 nitrogen and oxygen atoms in total. The van der Waals surface area contributed by atoms with E-state index in [0.717, 1.165) is 43.7 Å². The van der Waals surface area contributed by atoms with Gasteiger partial charge in [0.05, 0.1) is 0 Å². The molecule has 0 atom stereocenters. The van der Waals surface area contributed by atoms with Crippen molar-refractivity contribution in [2.75, 3.05) is 33.4 Å². The fourth-order valence-electron chi connectivity index (χ4n) is 3.08. The summed E-state index contributed by atoms with van der Waals surface area (Å²) < 4.78 is 10.9. The second-order valence-electron chi connectivity index (χ2n) is 6.08. The van der Waals surface area contributed by atoms with Crippen molar-refractivity contribution < 1.29 is 14.3 Å². The van der Waals surface area contributed by atoms with E-state index in [9.17, 15) is 4.79 Å². The molecule has 4 heteroatoms. The highest BCUT2D eigenvalue weighted by Crippen LogP contribution is 2.21. The third kappa shape index (κ3) is 4.02. The Bertz CT molecular complexity index is 662. The number of hydrogen-bond donors (Lipinski definition) is 0. The summed E-state index contributed by atoms with van der Waals surface area (Å²) in [6.07, 6.45) is 2.02. The number of fused-ring (bicyclic) bond motifs is 1. The monoisotopic (exact) mass is 313 g/mol. The molecule has 0 saturated carbocycles. The van der Waals surface area contributed by atoms with Gasteiger partial charge in [0.1, 0.15) is 5.75 Å². The largest absolute Gasteiger partial charge is 0.484 e. The number of ether oxygens (including phenoxy) is 2. The SMILES string of the molecule is COCC1CCN(C(=O)COc2ccc3ccccc3c2)CC1. The molecule has 0 N–H and O–H groups in total. The summed E-state index contributed by atoms with van der Waals surface area (Å²) in [6, 6.07) is 14.0. The first-order valence-electron chi connectivity index (χ1n) is 8.14. The first-order chi connectivity index (χ1) is 11.3. The van der Waals surface area contributed by atoms with E-state index < -0.39 is 0 Å². The van der Waals surface area contributed by atoms with Crippen molar-refractivity contribution in [2.45, 2.75) is 12.8 Å². The average molecular weight is 313 g/mol. The molecule has 1 amide bonds. The van der Waals surface area contributed by atoms with Crippen LogP contribution in [0.1, 0.15) is 12.8 Å². The standard InChI is InChI=1S/C19H23NO3/c1-22-13-15-8-10-20(11-9-15)19(21)14-23-18-7-6-16-4-2-3-5-17(16)12-18/h2-7,12,15H,8-11,13-14H2,1H3. The zero-order valence-electron chi connectivity index (χ0n) is 13.5. The summed E-state index contributed by atoms with van der Waals surface area (Å²) in [5, 5.41) is 2.30. The van der Waals surface area contributed by atoms with Crippen molar-refractivity contribution in [3.8, 4) is 5.75 Å². The average Bonchev–Trinajstić information content (AvgIpc) is 2.60. The Kier molecular flexibility index (Phi) is 5.13. The number of carbonyl (C=O) groups excluding carboxylic acids is 1. The van der Waals surface area contributed by atoms with E-state index in [1.54, 1.807) is 7.11 Å². The number of nitrogens with zero attached hydrogens (tertiary/aromatic N) is 1. The molecule has 0 aromatic heterocycles. The van der Waals surface area contributed by atoms with Gasteiger partial charge in [0.25, 0.3) is 5.91 Å². The maximum absolute atomic E-state index is 12.3. The Hall–Kier alpha value is -2.07. The maximum atomic E-state index is 12.3. The van der Waals surface area contributed by atoms with Crippen LogP contribution in [-0.2, 0) is 9.53 Å². The lowest BCUT2D eigenvalue weighted by Gasteiger charge is -2.31. The number of piperidine rings is 1. The van der Waals surface area contributed by atoms with Gasteiger partial charge >= 0.3 is 0 Å². The number of likely N-dealkylation sites (tertiary alicyclic amines) is 1. The van der Waals surface area contributed by atoms with Crippen molar-refractivity contribution in [3.05, 3.63) is 42.5 Å². The lowest BCUT2D eigenvalue weighted by Crippen LogP contribution is -2.41. The van der Waals surface area contributed by atoms with Crippen molar-refractivity contribution in [3.63, 3.8) is 0 Å². The number of benzene rings is 2. The van der Waals surface area contributed by atoms with E-state index in [-0.39, 0.29) is 12.5 Å². The van der Waals surface area contributed by atoms with Gasteiger partial charge in [-0.15, -0.1) is 0 Å². The molecule has 2 aromatic carbocycles. The zero-order valence-corrected chi connectivity index (χ0v) is 13.5. The molecule has 1 fully saturated rings. The summed E-state index contributed by atoms with van der Waals surface area (Å²) in [6.45, 7) is 2.49. The zero-order chi connectivity index (χ0) is 16.1. The Morgan fingerprint density at radius 3 is 2.61 bits per heavy atom. The predicted octanol–water partition coefficient (Wildman–Crippen LogP) is 3.10. The van der Waals surface area contributed by atoms with Crippen LogP contribution >= 0.6 is 0 Å². The van der Waals surface area contributed by atoms with E-state index >= 15 is 0 Å². The van der Waals surface area contributed by atoms with Gasteiger partial charge < -0.3 is 14.4 Å². The molecule has 0 spiro atoms. The van der Waals surface area contributed by atoms with Crippen LogP contribution in [0.5, 0.6) is 5.75 Å². The van der Waals surface area contributed by atoms with Gasteiger partial charge in [-0.2, -0.15) is 0 Å². The fourth-order valence-corrected chi connectivity index (χ4v) is 3.08. The number of carbonyl (C=O) groups is 1. The highest BCUT2D eigenvalue weighted by atomic mass is 16.5. The lowest BCUT2D eigenvalue weighted by molar-refractivity contribution is -0.135. The van der Waals surface area contributed by atoms with Gasteiger partial charge in [0.15, 0.2) is 6.61 Å². The highest BCUT2D eigenvalue weighted by Gasteiger charge is 2.22. The van der Waals surface area contributed by atoms with Gasteiger partial charge in [0.2, 0.25) is 0 Å². The molecule has 2 aromatic rings. The Morgan fingerprint density at radius 1 is 1.13 bits per heavy atom. The molecule has 0 unspecified atom stereocenters. The number of hydrogen-bond acceptors (Lipinski definition) is 3. The molecule has 0 aliphatic carbocycles. The first kappa shape index (κ1) is 15.8. The molecule has 1 aliphatic rings. The maximum Gasteiger partial charge on any atom is 0.260 e. The van der Waals surface area contributed by atoms with Crippen LogP contribution in [-0.4, -0.2) is 44.2 Å². The molecular formula is C19H23NO3. The van der Waals surface area contributed by atoms with E-state index in [4.69, 9.17) is 9.47 Å². The van der Waals surface area contributed by atoms with E-state index in [2.05, 4.69) is 6.07 Å². The van der Waals surface area contributed by atoms with E-state index in [1.807, 2.05) is 41.3 Å². The molecule has 0 bridgehead atoms. The molecule has 23 heavy (non-hydrogen) atoms. The third-order valence-corrected chi connectivity index (χ3v) is 4.45. The number of amides is 1. The Balaban J connectivity index is 1.52. The normalized spacial score (nSPS) is 15.8. The van der Waals surface area contributed by atoms with Crippen LogP contribution < -0.4 is 4.74 Å². The van der Waals surface area contributed by atoms with Crippen LogP contribution in [0, 0.1) is 5.92 Å². The van der Waals surface area contributed by atoms with Gasteiger partial charge in [-0.05, 0) is 41.7 Å². The molecular weight excluding hydrogens is 290 g/mol. The minimum absolute atomic E-state index is 0.0639. The van der Waals surface area contributed by atoms with E-state index in [0.29, 0.717) is 5.92 Å². The highest BCUT2D eigenvalue weighted by molar-refractivity contribution is 5.84. The van der Waals surface area contributed by atoms with Crippen molar-refractivity contribution in [2.24, 2.45) is 5.92 Å². The van der Waals surface area contributed by atoms with Crippen LogP contribution in [0.4, 0.5) is 0 Å². The van der Waals surface area contributed by atoms with Gasteiger partial charge in [-0.3, -0.25) is 4.79 Å². The van der Waals surface area contributed by atoms with Gasteiger partial charge in [0, 0.05) is 26.8 Å². The summed E-state index contributed by atoms with van der Waals surface area (Å²) in [7, 11) is 1.73. The summed E-state index contributed by atoms with van der Waals surface area (Å²) in [5.74, 6) is 1.38. The van der Waals surface area contributed by atoms with E-state index in [1.165, 1.54) is 5.39 Å². The number of methoxy groups -OCH3 is 1. The fraction of sp³-hybridized carbons (Fsp3) is 0.421. The lowest BCUT2D eigenvalue weighted by atomic mass is 9.98. The second-order valence-corrected chi connectivity index (χ2v) is 6.08. The smallest absolute Gasteiger partial charge is 0.260 e. The molecule has 0 radical (unpaired) electrons. The van der Waals surface area contributed by atoms with Crippen molar-refractivity contribution in [1.29, 1.82) is 0 Å². The third-order valence-electron chi connectivity index (χ3n) is 4.45. The van der Waals surface area contributed by atoms with Crippen LogP contribution in [0.3, 0.4) is 0 Å². The predicted molar refractivity (Wildman–Crippen MR) is 90.6 cm³/mol. The first-order valence-corrected chi connectivity index (χ1v) is 8.14. The summed E-state index contributed by atoms with van der Waals surface area (Å²) in [4.78, 5) is 14.2. The van der Waals surface area contributed by atoms with Crippen molar-refractivity contribution in [1.82, 2.24) is 4.90 Å². The Labute approximate surface area is 137 Å². The van der Waals surface area contributed by atoms with Crippen LogP contribution in [0.25, 0.3) is 10.8 Å². The molecule has 122 valence electrons. The molecule has 1 aliphatic heterocycles. The molecule has 3 rings (SSSR count). The molecule has 1 saturated heterocycles. The Morgan fingerprint density at radius 2 is 1.87 bits per heavy atom. The topological polar surface area (TPSA) is 38.8 Å². The van der Waals surface area contributed by atoms with Gasteiger partial charge in [-0.25, -0.2) is 0 Å². The summed E-state index contributed by atoms with van der Waals surface area (Å²) >= 11 is 0. The van der Waals surface area contributed by atoms with Crippen LogP contribution in [0.2, 0.25) is 0 Å². The minimum Gasteiger partial charge on any atom is -0.484 e.